The Bertz CT molecular complexity index is 689. The van der Waals surface area contributed by atoms with Crippen LogP contribution in [0.3, 0.4) is 0 Å². The second-order valence-electron chi connectivity index (χ2n) is 10.0. The number of carbonyl (C=O) groups is 1. The van der Waals surface area contributed by atoms with Crippen molar-refractivity contribution in [3.05, 3.63) is 29.8 Å². The highest BCUT2D eigenvalue weighted by molar-refractivity contribution is 5.96. The van der Waals surface area contributed by atoms with E-state index in [1.165, 1.54) is 38.5 Å². The van der Waals surface area contributed by atoms with Gasteiger partial charge in [0.15, 0.2) is 0 Å². The summed E-state index contributed by atoms with van der Waals surface area (Å²) in [5.41, 5.74) is 1.06. The van der Waals surface area contributed by atoms with Crippen LogP contribution in [-0.2, 0) is 4.74 Å². The molecule has 28 heavy (non-hydrogen) atoms. The van der Waals surface area contributed by atoms with E-state index in [2.05, 4.69) is 0 Å². The lowest BCUT2D eigenvalue weighted by atomic mass is 9.49. The van der Waals surface area contributed by atoms with Gasteiger partial charge >= 0.3 is 0 Å². The molecule has 1 unspecified atom stereocenters. The molecule has 4 aliphatic carbocycles. The van der Waals surface area contributed by atoms with Crippen molar-refractivity contribution in [3.8, 4) is 5.75 Å². The molecule has 1 amide bonds. The van der Waals surface area contributed by atoms with Crippen LogP contribution < -0.4 is 4.74 Å². The molecule has 6 rings (SSSR count). The van der Waals surface area contributed by atoms with E-state index >= 15 is 0 Å². The van der Waals surface area contributed by atoms with Gasteiger partial charge in [0.2, 0.25) is 0 Å². The Labute approximate surface area is 168 Å². The fraction of sp³-hybridized carbons (Fsp3) is 0.708. The first kappa shape index (κ1) is 18.5. The van der Waals surface area contributed by atoms with Crippen LogP contribution in [0.4, 0.5) is 0 Å². The molecule has 0 radical (unpaired) electrons. The van der Waals surface area contributed by atoms with Crippen molar-refractivity contribution in [3.63, 3.8) is 0 Å². The molecule has 5 fully saturated rings. The van der Waals surface area contributed by atoms with Crippen molar-refractivity contribution in [2.75, 3.05) is 26.8 Å². The molecule has 0 N–H and O–H groups in total. The smallest absolute Gasteiger partial charge is 0.257 e. The Kier molecular flexibility index (Phi) is 4.86. The average molecular weight is 384 g/mol. The summed E-state index contributed by atoms with van der Waals surface area (Å²) in [6.07, 6.45) is 10.6. The lowest BCUT2D eigenvalue weighted by Crippen LogP contribution is -2.51. The minimum atomic E-state index is 0.0960. The van der Waals surface area contributed by atoms with E-state index in [9.17, 15) is 4.79 Å². The van der Waals surface area contributed by atoms with Crippen molar-refractivity contribution >= 4 is 5.91 Å². The molecule has 4 nitrogen and oxygen atoms in total. The maximum Gasteiger partial charge on any atom is 0.257 e. The highest BCUT2D eigenvalue weighted by Gasteiger charge is 2.51. The molecule has 1 atom stereocenters. The van der Waals surface area contributed by atoms with Crippen LogP contribution in [0.1, 0.15) is 61.7 Å². The predicted octanol–water partition coefficient (Wildman–Crippen LogP) is 4.53. The fourth-order valence-corrected chi connectivity index (χ4v) is 6.99. The largest absolute Gasteiger partial charge is 0.490 e. The summed E-state index contributed by atoms with van der Waals surface area (Å²) in [4.78, 5) is 15.3. The van der Waals surface area contributed by atoms with Gasteiger partial charge in [-0.25, -0.2) is 0 Å². The average Bonchev–Trinajstić information content (AvgIpc) is 3.18. The molecule has 1 heterocycles. The van der Waals surface area contributed by atoms with Gasteiger partial charge < -0.3 is 14.4 Å². The van der Waals surface area contributed by atoms with Crippen LogP contribution in [0, 0.1) is 23.2 Å². The second-order valence-corrected chi connectivity index (χ2v) is 10.0. The zero-order valence-electron chi connectivity index (χ0n) is 17.1. The molecular formula is C24H33NO3. The number of rotatable bonds is 6. The van der Waals surface area contributed by atoms with Gasteiger partial charge in [0.1, 0.15) is 12.4 Å². The Morgan fingerprint density at radius 2 is 1.82 bits per heavy atom. The molecule has 4 saturated carbocycles. The minimum Gasteiger partial charge on any atom is -0.490 e. The number of para-hydroxylation sites is 1. The summed E-state index contributed by atoms with van der Waals surface area (Å²) < 4.78 is 11.7. The predicted molar refractivity (Wildman–Crippen MR) is 108 cm³/mol. The maximum absolute atomic E-state index is 13.3. The van der Waals surface area contributed by atoms with Crippen molar-refractivity contribution < 1.29 is 14.3 Å². The summed E-state index contributed by atoms with van der Waals surface area (Å²) in [5.74, 6) is 3.53. The van der Waals surface area contributed by atoms with Crippen molar-refractivity contribution in [1.29, 1.82) is 0 Å². The maximum atomic E-state index is 13.3. The number of hydrogen-bond donors (Lipinski definition) is 0. The van der Waals surface area contributed by atoms with Gasteiger partial charge in [0.25, 0.3) is 5.91 Å². The number of carbonyl (C=O) groups excluding carboxylic acids is 1. The summed E-state index contributed by atoms with van der Waals surface area (Å²) in [5, 5.41) is 0. The fourth-order valence-electron chi connectivity index (χ4n) is 6.99. The van der Waals surface area contributed by atoms with Crippen LogP contribution in [-0.4, -0.2) is 43.7 Å². The minimum absolute atomic E-state index is 0.0960. The van der Waals surface area contributed by atoms with Gasteiger partial charge in [-0.2, -0.15) is 0 Å². The highest BCUT2D eigenvalue weighted by Crippen LogP contribution is 2.60. The Hall–Kier alpha value is -1.55. The van der Waals surface area contributed by atoms with Gasteiger partial charge in [0, 0.05) is 20.2 Å². The third-order valence-electron chi connectivity index (χ3n) is 7.65. The first-order valence-electron chi connectivity index (χ1n) is 11.2. The van der Waals surface area contributed by atoms with Crippen LogP contribution in [0.15, 0.2) is 24.3 Å². The first-order valence-corrected chi connectivity index (χ1v) is 11.2. The van der Waals surface area contributed by atoms with E-state index in [0.29, 0.717) is 23.3 Å². The monoisotopic (exact) mass is 383 g/mol. The van der Waals surface area contributed by atoms with Crippen LogP contribution in [0.2, 0.25) is 0 Å². The van der Waals surface area contributed by atoms with E-state index in [1.54, 1.807) is 0 Å². The molecule has 5 aliphatic rings. The summed E-state index contributed by atoms with van der Waals surface area (Å²) in [6.45, 7) is 2.25. The van der Waals surface area contributed by atoms with Crippen LogP contribution in [0.25, 0.3) is 0 Å². The van der Waals surface area contributed by atoms with Gasteiger partial charge in [-0.15, -0.1) is 0 Å². The quantitative estimate of drug-likeness (QED) is 0.724. The van der Waals surface area contributed by atoms with E-state index < -0.39 is 0 Å². The standard InChI is InChI=1S/C24H33NO3/c1-25(16-24-12-17-9-18(13-24)11-19(10-17)14-24)23(26)21-6-2-3-7-22(21)28-15-20-5-4-8-27-20/h2-3,6-7,17-20H,4-5,8-16H2,1H3. The van der Waals surface area contributed by atoms with Crippen molar-refractivity contribution in [1.82, 2.24) is 4.90 Å². The highest BCUT2D eigenvalue weighted by atomic mass is 16.5. The van der Waals surface area contributed by atoms with Crippen molar-refractivity contribution in [2.24, 2.45) is 23.2 Å². The molecular weight excluding hydrogens is 350 g/mol. The lowest BCUT2D eigenvalue weighted by molar-refractivity contribution is -0.0629. The van der Waals surface area contributed by atoms with Crippen LogP contribution >= 0.6 is 0 Å². The molecule has 0 aromatic heterocycles. The zero-order chi connectivity index (χ0) is 19.1. The van der Waals surface area contributed by atoms with Gasteiger partial charge in [-0.05, 0) is 86.7 Å². The SMILES string of the molecule is CN(CC12CC3CC(CC(C3)C1)C2)C(=O)c1ccccc1OCC1CCCO1. The zero-order valence-corrected chi connectivity index (χ0v) is 17.1. The Morgan fingerprint density at radius 1 is 1.14 bits per heavy atom. The normalized spacial score (nSPS) is 35.9. The van der Waals surface area contributed by atoms with Crippen LogP contribution in [0.5, 0.6) is 5.75 Å². The molecule has 1 aromatic rings. The first-order chi connectivity index (χ1) is 13.6. The van der Waals surface area contributed by atoms with E-state index in [4.69, 9.17) is 9.47 Å². The van der Waals surface area contributed by atoms with Crippen molar-refractivity contribution in [2.45, 2.75) is 57.5 Å². The van der Waals surface area contributed by atoms with E-state index in [-0.39, 0.29) is 12.0 Å². The van der Waals surface area contributed by atoms with Gasteiger partial charge in [-0.1, -0.05) is 12.1 Å². The lowest BCUT2D eigenvalue weighted by Gasteiger charge is -2.57. The van der Waals surface area contributed by atoms with Gasteiger partial charge in [0.05, 0.1) is 11.7 Å². The Balaban J connectivity index is 1.27. The molecule has 1 aliphatic heterocycles. The molecule has 152 valence electrons. The molecule has 1 saturated heterocycles. The number of ether oxygens (including phenoxy) is 2. The molecule has 0 spiro atoms. The number of amides is 1. The summed E-state index contributed by atoms with van der Waals surface area (Å²) in [7, 11) is 1.98. The number of nitrogens with zero attached hydrogens (tertiary/aromatic N) is 1. The third-order valence-corrected chi connectivity index (χ3v) is 7.65. The van der Waals surface area contributed by atoms with E-state index in [0.717, 1.165) is 43.7 Å². The topological polar surface area (TPSA) is 38.8 Å². The summed E-state index contributed by atoms with van der Waals surface area (Å²) >= 11 is 0. The Morgan fingerprint density at radius 3 is 2.46 bits per heavy atom. The van der Waals surface area contributed by atoms with E-state index in [1.807, 2.05) is 36.2 Å². The number of benzene rings is 1. The van der Waals surface area contributed by atoms with Gasteiger partial charge in [-0.3, -0.25) is 4.79 Å². The summed E-state index contributed by atoms with van der Waals surface area (Å²) in [6, 6.07) is 7.70. The molecule has 4 bridgehead atoms. The molecule has 4 heteroatoms. The third kappa shape index (κ3) is 3.56. The number of hydrogen-bond acceptors (Lipinski definition) is 3. The second kappa shape index (κ2) is 7.37. The molecule has 1 aromatic carbocycles.